The first-order chi connectivity index (χ1) is 11.7. The normalized spacial score (nSPS) is 10.7. The van der Waals surface area contributed by atoms with Crippen LogP contribution >= 0.6 is 34.9 Å². The van der Waals surface area contributed by atoms with Crippen LogP contribution in [0.15, 0.2) is 74.7 Å². The van der Waals surface area contributed by atoms with Crippen LogP contribution in [-0.2, 0) is 0 Å². The van der Waals surface area contributed by atoms with Crippen LogP contribution in [0.3, 0.4) is 0 Å². The summed E-state index contributed by atoms with van der Waals surface area (Å²) < 4.78 is 1.17. The molecule has 0 radical (unpaired) electrons. The van der Waals surface area contributed by atoms with Crippen molar-refractivity contribution in [2.75, 3.05) is 5.75 Å². The Kier molecular flexibility index (Phi) is 5.60. The number of benzene rings is 2. The van der Waals surface area contributed by atoms with Gasteiger partial charge in [-0.2, -0.15) is 0 Å². The lowest BCUT2D eigenvalue weighted by atomic mass is 10.2. The van der Waals surface area contributed by atoms with E-state index in [1.807, 2.05) is 11.8 Å². The molecule has 0 aliphatic rings. The maximum atomic E-state index is 10.7. The number of thiophene rings is 1. The summed E-state index contributed by atoms with van der Waals surface area (Å²) in [5.74, 6) is 1.08. The highest BCUT2D eigenvalue weighted by atomic mass is 32.2. The van der Waals surface area contributed by atoms with Gasteiger partial charge in [0.2, 0.25) is 0 Å². The zero-order chi connectivity index (χ0) is 16.9. The number of nitrogens with zero attached hydrogens (tertiary/aromatic N) is 1. The Labute approximate surface area is 153 Å². The quantitative estimate of drug-likeness (QED) is 0.278. The molecule has 24 heavy (non-hydrogen) atoms. The highest BCUT2D eigenvalue weighted by molar-refractivity contribution is 8.01. The van der Waals surface area contributed by atoms with E-state index in [0.29, 0.717) is 0 Å². The fourth-order valence-electron chi connectivity index (χ4n) is 2.16. The summed E-state index contributed by atoms with van der Waals surface area (Å²) in [5, 5.41) is 10.7. The third-order valence-corrected chi connectivity index (χ3v) is 6.47. The van der Waals surface area contributed by atoms with Crippen LogP contribution in [0, 0.1) is 10.1 Å². The third kappa shape index (κ3) is 4.20. The first kappa shape index (κ1) is 17.1. The molecule has 0 unspecified atom stereocenters. The molecule has 0 saturated carbocycles. The molecule has 6 heteroatoms. The van der Waals surface area contributed by atoms with Crippen LogP contribution in [0.4, 0.5) is 5.69 Å². The first-order valence-electron chi connectivity index (χ1n) is 7.41. The van der Waals surface area contributed by atoms with Gasteiger partial charge >= 0.3 is 0 Å². The Morgan fingerprint density at radius 1 is 0.958 bits per heavy atom. The van der Waals surface area contributed by atoms with Gasteiger partial charge in [0.1, 0.15) is 0 Å². The minimum atomic E-state index is -0.377. The number of nitro benzene ring substituents is 1. The summed E-state index contributed by atoms with van der Waals surface area (Å²) in [5.41, 5.74) is 1.34. The summed E-state index contributed by atoms with van der Waals surface area (Å²) in [6.07, 6.45) is 0. The SMILES string of the molecule is CCSc1ccc(-c2ccc(Sc3ccc([N+](=O)[O-])cc3)s2)cc1. The Balaban J connectivity index is 1.72. The highest BCUT2D eigenvalue weighted by Crippen LogP contribution is 2.38. The highest BCUT2D eigenvalue weighted by Gasteiger charge is 2.07. The van der Waals surface area contributed by atoms with Crippen LogP contribution in [0.25, 0.3) is 10.4 Å². The molecule has 3 nitrogen and oxygen atoms in total. The molecule has 0 fully saturated rings. The van der Waals surface area contributed by atoms with E-state index in [4.69, 9.17) is 0 Å². The smallest absolute Gasteiger partial charge is 0.258 e. The van der Waals surface area contributed by atoms with E-state index in [9.17, 15) is 10.1 Å². The number of rotatable bonds is 6. The number of hydrogen-bond acceptors (Lipinski definition) is 5. The molecular weight excluding hydrogens is 358 g/mol. The third-order valence-electron chi connectivity index (χ3n) is 3.30. The van der Waals surface area contributed by atoms with Crippen LogP contribution in [0.1, 0.15) is 6.92 Å². The summed E-state index contributed by atoms with van der Waals surface area (Å²) >= 11 is 5.20. The fraction of sp³-hybridized carbons (Fsp3) is 0.111. The first-order valence-corrected chi connectivity index (χ1v) is 10.0. The Morgan fingerprint density at radius 2 is 1.62 bits per heavy atom. The molecule has 0 saturated heterocycles. The van der Waals surface area contributed by atoms with Gasteiger partial charge in [0.15, 0.2) is 0 Å². The number of non-ortho nitro benzene ring substituents is 1. The van der Waals surface area contributed by atoms with Crippen molar-refractivity contribution in [1.29, 1.82) is 0 Å². The van der Waals surface area contributed by atoms with Crippen molar-refractivity contribution in [2.45, 2.75) is 20.9 Å². The zero-order valence-corrected chi connectivity index (χ0v) is 15.4. The van der Waals surface area contributed by atoms with E-state index < -0.39 is 0 Å². The van der Waals surface area contributed by atoms with E-state index >= 15 is 0 Å². The van der Waals surface area contributed by atoms with Crippen LogP contribution in [-0.4, -0.2) is 10.7 Å². The Bertz CT molecular complexity index is 826. The van der Waals surface area contributed by atoms with Crippen molar-refractivity contribution in [3.8, 4) is 10.4 Å². The molecule has 0 bridgehead atoms. The molecule has 0 N–H and O–H groups in total. The van der Waals surface area contributed by atoms with Gasteiger partial charge in [0.25, 0.3) is 5.69 Å². The van der Waals surface area contributed by atoms with Gasteiger partial charge in [-0.25, -0.2) is 0 Å². The molecule has 0 amide bonds. The van der Waals surface area contributed by atoms with Crippen molar-refractivity contribution in [1.82, 2.24) is 0 Å². The summed E-state index contributed by atoms with van der Waals surface area (Å²) in [4.78, 5) is 13.8. The van der Waals surface area contributed by atoms with E-state index in [1.165, 1.54) is 19.5 Å². The molecule has 0 aliphatic carbocycles. The van der Waals surface area contributed by atoms with Gasteiger partial charge in [-0.05, 0) is 47.7 Å². The molecule has 2 aromatic carbocycles. The van der Waals surface area contributed by atoms with Gasteiger partial charge < -0.3 is 0 Å². The second-order valence-electron chi connectivity index (χ2n) is 4.93. The maximum absolute atomic E-state index is 10.7. The van der Waals surface area contributed by atoms with Crippen molar-refractivity contribution >= 4 is 40.5 Å². The van der Waals surface area contributed by atoms with Gasteiger partial charge in [0, 0.05) is 26.8 Å². The molecule has 3 rings (SSSR count). The lowest BCUT2D eigenvalue weighted by Crippen LogP contribution is -1.86. The number of nitro groups is 1. The largest absolute Gasteiger partial charge is 0.269 e. The fourth-order valence-corrected chi connectivity index (χ4v) is 4.93. The van der Waals surface area contributed by atoms with Crippen LogP contribution in [0.5, 0.6) is 0 Å². The average Bonchev–Trinajstić information content (AvgIpc) is 3.05. The summed E-state index contributed by atoms with van der Waals surface area (Å²) in [6.45, 7) is 2.15. The van der Waals surface area contributed by atoms with Crippen molar-refractivity contribution in [2.24, 2.45) is 0 Å². The van der Waals surface area contributed by atoms with Gasteiger partial charge in [-0.3, -0.25) is 10.1 Å². The van der Waals surface area contributed by atoms with Crippen molar-refractivity contribution < 1.29 is 4.92 Å². The summed E-state index contributed by atoms with van der Waals surface area (Å²) in [6, 6.07) is 19.5. The van der Waals surface area contributed by atoms with E-state index in [0.717, 1.165) is 10.6 Å². The molecule has 0 spiro atoms. The standard InChI is InChI=1S/C18H15NO2S3/c1-2-22-15-7-3-13(4-8-15)17-11-12-18(24-17)23-16-9-5-14(6-10-16)19(20)21/h3-12H,2H2,1H3. The predicted octanol–water partition coefficient (Wildman–Crippen LogP) is 6.59. The molecule has 0 aliphatic heterocycles. The van der Waals surface area contributed by atoms with Crippen LogP contribution < -0.4 is 0 Å². The molecule has 1 aromatic heterocycles. The Morgan fingerprint density at radius 3 is 2.25 bits per heavy atom. The van der Waals surface area contributed by atoms with Gasteiger partial charge in [-0.1, -0.05) is 30.8 Å². The van der Waals surface area contributed by atoms with E-state index in [2.05, 4.69) is 43.3 Å². The van der Waals surface area contributed by atoms with Gasteiger partial charge in [-0.15, -0.1) is 23.1 Å². The number of thioether (sulfide) groups is 1. The average molecular weight is 374 g/mol. The second kappa shape index (κ2) is 7.88. The monoisotopic (exact) mass is 373 g/mol. The maximum Gasteiger partial charge on any atom is 0.269 e. The number of hydrogen-bond donors (Lipinski definition) is 0. The molecule has 3 aromatic rings. The second-order valence-corrected chi connectivity index (χ2v) is 8.72. The van der Waals surface area contributed by atoms with Crippen molar-refractivity contribution in [3.05, 3.63) is 70.8 Å². The lowest BCUT2D eigenvalue weighted by Gasteiger charge is -2.01. The molecule has 0 atom stereocenters. The minimum absolute atomic E-state index is 0.122. The topological polar surface area (TPSA) is 43.1 Å². The predicted molar refractivity (Wildman–Crippen MR) is 103 cm³/mol. The zero-order valence-electron chi connectivity index (χ0n) is 13.0. The molecular formula is C18H15NO2S3. The van der Waals surface area contributed by atoms with Crippen LogP contribution in [0.2, 0.25) is 0 Å². The molecule has 122 valence electrons. The van der Waals surface area contributed by atoms with E-state index in [1.54, 1.807) is 47.4 Å². The minimum Gasteiger partial charge on any atom is -0.258 e. The lowest BCUT2D eigenvalue weighted by molar-refractivity contribution is -0.384. The Hall–Kier alpha value is -1.76. The van der Waals surface area contributed by atoms with Crippen molar-refractivity contribution in [3.63, 3.8) is 0 Å². The van der Waals surface area contributed by atoms with E-state index in [-0.39, 0.29) is 10.6 Å². The van der Waals surface area contributed by atoms with Gasteiger partial charge in [0.05, 0.1) is 9.13 Å². The molecule has 1 heterocycles. The summed E-state index contributed by atoms with van der Waals surface area (Å²) in [7, 11) is 0.